The summed E-state index contributed by atoms with van der Waals surface area (Å²) in [6.07, 6.45) is -0.0297. The summed E-state index contributed by atoms with van der Waals surface area (Å²) in [6.45, 7) is 8.69. The lowest BCUT2D eigenvalue weighted by Crippen LogP contribution is -2.56. The molecule has 19 nitrogen and oxygen atoms in total. The van der Waals surface area contributed by atoms with Crippen molar-refractivity contribution in [2.24, 2.45) is 17.2 Å². The van der Waals surface area contributed by atoms with Crippen molar-refractivity contribution in [1.29, 1.82) is 10.5 Å². The summed E-state index contributed by atoms with van der Waals surface area (Å²) in [5.74, 6) is -2.32. The number of amides is 5. The molecule has 5 rings (SSSR count). The SMILES string of the molecule is Cc1nc(-c2ccc(C(C)(C)C#N)cc2)nc(C)c1C(=O)NC(CCN)C(=O)N(C)[C@@H]1C(=O)N[C@@H](C)C(=O)N[C@H](C(=O)NCC#N)Cc2ccc(OCCN)c(c2)-c2cc1ccc2OCCN. The Kier molecular flexibility index (Phi) is 17.1. The number of aryl methyl sites for hydroxylation is 2. The number of likely N-dealkylation sites (N-methyl/N-ethyl adjacent to an activating group) is 1. The van der Waals surface area contributed by atoms with Gasteiger partial charge < -0.3 is 52.8 Å². The summed E-state index contributed by atoms with van der Waals surface area (Å²) in [5.41, 5.74) is 21.2. The number of carbonyl (C=O) groups is 5. The predicted molar refractivity (Wildman–Crippen MR) is 249 cm³/mol. The Labute approximate surface area is 389 Å². The summed E-state index contributed by atoms with van der Waals surface area (Å²) in [7, 11) is 1.40. The number of benzene rings is 3. The predicted octanol–water partition coefficient (Wildman–Crippen LogP) is 1.74. The van der Waals surface area contributed by atoms with Gasteiger partial charge >= 0.3 is 0 Å². The number of hydrogen-bond acceptors (Lipinski definition) is 14. The van der Waals surface area contributed by atoms with Gasteiger partial charge in [-0.05, 0) is 88.5 Å². The molecule has 4 bridgehead atoms. The fraction of sp³-hybridized carbons (Fsp3) is 0.396. The average Bonchev–Trinajstić information content (AvgIpc) is 3.31. The maximum atomic E-state index is 14.7. The Hall–Kier alpha value is -7.45. The summed E-state index contributed by atoms with van der Waals surface area (Å²) in [5, 5.41) is 29.4. The standard InChI is InChI=1S/C48H58N12O7/c1-27-40(28(2)56-42(55-27)31-8-11-33(12-9-31)48(4,5)26-53)45(63)58-36(15-16-49)47(65)60(6)41-32-10-14-39(67-22-19-52)35(25-32)34-23-30(7-13-38(34)66-21-18-51)24-37(44(62)54-20-17-50)59-43(61)29(3)57-46(41)64/h7-14,23,25,29,36-37,41H,15-16,18-22,24,49,51-52H2,1-6H3,(H,54,62)(H,57,64)(H,58,63)(H,59,61)/t29-,36?,37-,41-/m0/s1. The van der Waals surface area contributed by atoms with Gasteiger partial charge in [-0.25, -0.2) is 9.97 Å². The molecule has 1 aromatic heterocycles. The largest absolute Gasteiger partial charge is 0.492 e. The van der Waals surface area contributed by atoms with Crippen LogP contribution >= 0.6 is 0 Å². The minimum atomic E-state index is -1.42. The van der Waals surface area contributed by atoms with Crippen molar-refractivity contribution in [2.75, 3.05) is 46.4 Å². The number of rotatable bonds is 16. The van der Waals surface area contributed by atoms with Crippen molar-refractivity contribution in [1.82, 2.24) is 36.1 Å². The molecule has 19 heteroatoms. The maximum absolute atomic E-state index is 14.7. The Morgan fingerprint density at radius 2 is 1.49 bits per heavy atom. The first-order valence-corrected chi connectivity index (χ1v) is 21.8. The zero-order chi connectivity index (χ0) is 49.0. The highest BCUT2D eigenvalue weighted by atomic mass is 16.5. The third kappa shape index (κ3) is 12.1. The molecule has 352 valence electrons. The molecule has 0 spiro atoms. The summed E-state index contributed by atoms with van der Waals surface area (Å²) < 4.78 is 12.2. The van der Waals surface area contributed by atoms with E-state index < -0.39 is 59.1 Å². The van der Waals surface area contributed by atoms with Crippen molar-refractivity contribution in [3.63, 3.8) is 0 Å². The van der Waals surface area contributed by atoms with Gasteiger partial charge in [0.1, 0.15) is 55.4 Å². The molecule has 67 heavy (non-hydrogen) atoms. The van der Waals surface area contributed by atoms with Crippen LogP contribution in [0.25, 0.3) is 22.5 Å². The second-order valence-corrected chi connectivity index (χ2v) is 16.6. The molecular weight excluding hydrogens is 857 g/mol. The third-order valence-electron chi connectivity index (χ3n) is 11.3. The molecule has 4 aromatic rings. The molecule has 4 atom stereocenters. The molecule has 0 fully saturated rings. The van der Waals surface area contributed by atoms with Crippen LogP contribution in [0.3, 0.4) is 0 Å². The lowest BCUT2D eigenvalue weighted by atomic mass is 9.86. The zero-order valence-corrected chi connectivity index (χ0v) is 38.6. The van der Waals surface area contributed by atoms with Gasteiger partial charge in [0.25, 0.3) is 5.91 Å². The van der Waals surface area contributed by atoms with Crippen LogP contribution in [0.4, 0.5) is 0 Å². The van der Waals surface area contributed by atoms with Crippen LogP contribution in [0.2, 0.25) is 0 Å². The van der Waals surface area contributed by atoms with Crippen molar-refractivity contribution >= 4 is 29.5 Å². The molecule has 3 aromatic carbocycles. The fourth-order valence-corrected chi connectivity index (χ4v) is 7.63. The van der Waals surface area contributed by atoms with E-state index in [1.807, 2.05) is 44.2 Å². The van der Waals surface area contributed by atoms with Gasteiger partial charge in [0, 0.05) is 43.2 Å². The van der Waals surface area contributed by atoms with Crippen molar-refractivity contribution in [2.45, 2.75) is 77.0 Å². The van der Waals surface area contributed by atoms with E-state index >= 15 is 0 Å². The monoisotopic (exact) mass is 914 g/mol. The molecule has 10 N–H and O–H groups in total. The Morgan fingerprint density at radius 3 is 2.07 bits per heavy atom. The van der Waals surface area contributed by atoms with E-state index in [1.54, 1.807) is 50.2 Å². The molecule has 2 heterocycles. The minimum Gasteiger partial charge on any atom is -0.492 e. The lowest BCUT2D eigenvalue weighted by Gasteiger charge is -2.32. The first-order valence-electron chi connectivity index (χ1n) is 21.8. The van der Waals surface area contributed by atoms with Gasteiger partial charge in [0.15, 0.2) is 5.82 Å². The normalized spacial score (nSPS) is 16.4. The van der Waals surface area contributed by atoms with Gasteiger partial charge in [-0.2, -0.15) is 10.5 Å². The zero-order valence-electron chi connectivity index (χ0n) is 38.6. The van der Waals surface area contributed by atoms with Gasteiger partial charge in [-0.1, -0.05) is 36.4 Å². The number of nitrogens with one attached hydrogen (secondary N) is 4. The lowest BCUT2D eigenvalue weighted by molar-refractivity contribution is -0.141. The third-order valence-corrected chi connectivity index (χ3v) is 11.3. The smallest absolute Gasteiger partial charge is 0.255 e. The molecule has 0 radical (unpaired) electrons. The van der Waals surface area contributed by atoms with E-state index in [-0.39, 0.29) is 57.8 Å². The first kappa shape index (κ1) is 50.5. The Morgan fingerprint density at radius 1 is 0.881 bits per heavy atom. The minimum absolute atomic E-state index is 0.00737. The average molecular weight is 915 g/mol. The molecule has 1 unspecified atom stereocenters. The summed E-state index contributed by atoms with van der Waals surface area (Å²) in [4.78, 5) is 80.9. The van der Waals surface area contributed by atoms with Crippen LogP contribution in [-0.4, -0.2) is 109 Å². The van der Waals surface area contributed by atoms with E-state index in [2.05, 4.69) is 37.3 Å². The van der Waals surface area contributed by atoms with Crippen molar-refractivity contribution in [3.05, 3.63) is 94.3 Å². The van der Waals surface area contributed by atoms with Gasteiger partial charge in [0.05, 0.1) is 34.5 Å². The van der Waals surface area contributed by atoms with Crippen LogP contribution in [-0.2, 0) is 31.0 Å². The number of fused-ring (bicyclic) bond motifs is 5. The Balaban J connectivity index is 1.57. The maximum Gasteiger partial charge on any atom is 0.255 e. The topological polar surface area (TPSA) is 307 Å². The molecule has 5 amide bonds. The second-order valence-electron chi connectivity index (χ2n) is 16.6. The number of nitrogens with two attached hydrogens (primary N) is 3. The van der Waals surface area contributed by atoms with E-state index in [1.165, 1.54) is 18.9 Å². The number of nitrogens with zero attached hydrogens (tertiary/aromatic N) is 5. The number of carbonyl (C=O) groups excluding carboxylic acids is 5. The van der Waals surface area contributed by atoms with Crippen LogP contribution in [0, 0.1) is 36.5 Å². The number of ether oxygens (including phenoxy) is 2. The Bertz CT molecular complexity index is 2550. The van der Waals surface area contributed by atoms with Gasteiger partial charge in [-0.3, -0.25) is 24.0 Å². The van der Waals surface area contributed by atoms with Crippen LogP contribution in [0.1, 0.15) is 71.7 Å². The number of aromatic nitrogens is 2. The quantitative estimate of drug-likeness (QED) is 0.0788. The van der Waals surface area contributed by atoms with E-state index in [0.29, 0.717) is 56.5 Å². The highest BCUT2D eigenvalue weighted by molar-refractivity contribution is 6.00. The number of hydrogen-bond donors (Lipinski definition) is 7. The molecule has 0 saturated carbocycles. The second kappa shape index (κ2) is 22.6. The van der Waals surface area contributed by atoms with E-state index in [9.17, 15) is 29.2 Å². The van der Waals surface area contributed by atoms with Crippen molar-refractivity contribution in [3.8, 4) is 46.2 Å². The summed E-state index contributed by atoms with van der Waals surface area (Å²) >= 11 is 0. The van der Waals surface area contributed by atoms with Gasteiger partial charge in [0.2, 0.25) is 23.6 Å². The fourth-order valence-electron chi connectivity index (χ4n) is 7.63. The van der Waals surface area contributed by atoms with Crippen LogP contribution < -0.4 is 47.9 Å². The molecular formula is C48H58N12O7. The first-order chi connectivity index (χ1) is 32.0. The van der Waals surface area contributed by atoms with Crippen molar-refractivity contribution < 1.29 is 33.4 Å². The van der Waals surface area contributed by atoms with Crippen LogP contribution in [0.15, 0.2) is 60.7 Å². The molecule has 1 aliphatic heterocycles. The number of nitriles is 2. The van der Waals surface area contributed by atoms with E-state index in [0.717, 1.165) is 5.56 Å². The highest BCUT2D eigenvalue weighted by Crippen LogP contribution is 2.40. The molecule has 0 aliphatic carbocycles. The molecule has 1 aliphatic rings. The van der Waals surface area contributed by atoms with Gasteiger partial charge in [-0.15, -0.1) is 0 Å². The van der Waals surface area contributed by atoms with Crippen LogP contribution in [0.5, 0.6) is 11.5 Å². The summed E-state index contributed by atoms with van der Waals surface area (Å²) in [6, 6.07) is 16.5. The van der Waals surface area contributed by atoms with E-state index in [4.69, 9.17) is 31.9 Å². The molecule has 0 saturated heterocycles. The highest BCUT2D eigenvalue weighted by Gasteiger charge is 2.36.